The molecule has 0 saturated carbocycles. The van der Waals surface area contributed by atoms with E-state index in [1.165, 1.54) is 0 Å². The monoisotopic (exact) mass is 207 g/mol. The van der Waals surface area contributed by atoms with Gasteiger partial charge in [-0.2, -0.15) is 0 Å². The quantitative estimate of drug-likeness (QED) is 0.557. The summed E-state index contributed by atoms with van der Waals surface area (Å²) < 4.78 is 0. The largest absolute Gasteiger partial charge is 0.382 e. The van der Waals surface area contributed by atoms with E-state index in [1.807, 2.05) is 11.9 Å². The Kier molecular flexibility index (Phi) is 4.03. The van der Waals surface area contributed by atoms with Crippen molar-refractivity contribution >= 4 is 11.8 Å². The maximum absolute atomic E-state index is 7.28. The Bertz CT molecular complexity index is 336. The van der Waals surface area contributed by atoms with Gasteiger partial charge in [0.1, 0.15) is 11.5 Å². The molecule has 82 valence electrons. The van der Waals surface area contributed by atoms with Crippen LogP contribution in [0, 0.1) is 5.41 Å². The number of nitrogens with zero attached hydrogens (tertiary/aromatic N) is 3. The smallest absolute Gasteiger partial charge is 0.225 e. The van der Waals surface area contributed by atoms with Gasteiger partial charge < -0.3 is 10.6 Å². The SMILES string of the molecule is CCCCN(C)c1nccc(C(=N)N)n1. The molecule has 15 heavy (non-hydrogen) atoms. The van der Waals surface area contributed by atoms with E-state index < -0.39 is 0 Å². The molecule has 0 radical (unpaired) electrons. The average molecular weight is 207 g/mol. The number of hydrogen-bond acceptors (Lipinski definition) is 4. The van der Waals surface area contributed by atoms with Gasteiger partial charge in [0.15, 0.2) is 0 Å². The number of nitrogens with two attached hydrogens (primary N) is 1. The first-order chi connectivity index (χ1) is 7.15. The standard InChI is InChI=1S/C10H17N5/c1-3-4-7-15(2)10-13-6-5-8(14-10)9(11)12/h5-6H,3-4,7H2,1-2H3,(H3,11,12). The van der Waals surface area contributed by atoms with Crippen molar-refractivity contribution in [2.75, 3.05) is 18.5 Å². The van der Waals surface area contributed by atoms with Crippen LogP contribution in [0.4, 0.5) is 5.95 Å². The number of nitrogens with one attached hydrogen (secondary N) is 1. The first-order valence-electron chi connectivity index (χ1n) is 5.03. The maximum Gasteiger partial charge on any atom is 0.225 e. The molecule has 0 aromatic carbocycles. The zero-order valence-electron chi connectivity index (χ0n) is 9.20. The van der Waals surface area contributed by atoms with Crippen LogP contribution in [-0.4, -0.2) is 29.4 Å². The van der Waals surface area contributed by atoms with Gasteiger partial charge in [0, 0.05) is 19.8 Å². The molecule has 0 atom stereocenters. The Morgan fingerprint density at radius 1 is 1.60 bits per heavy atom. The third kappa shape index (κ3) is 3.19. The average Bonchev–Trinajstić information content (AvgIpc) is 2.26. The van der Waals surface area contributed by atoms with Gasteiger partial charge in [0.25, 0.3) is 0 Å². The number of hydrogen-bond donors (Lipinski definition) is 2. The molecule has 0 spiro atoms. The van der Waals surface area contributed by atoms with Gasteiger partial charge >= 0.3 is 0 Å². The Morgan fingerprint density at radius 2 is 2.33 bits per heavy atom. The molecular formula is C10H17N5. The van der Waals surface area contributed by atoms with Gasteiger partial charge in [0.2, 0.25) is 5.95 Å². The summed E-state index contributed by atoms with van der Waals surface area (Å²) >= 11 is 0. The van der Waals surface area contributed by atoms with Crippen LogP contribution in [0.2, 0.25) is 0 Å². The summed E-state index contributed by atoms with van der Waals surface area (Å²) in [7, 11) is 1.94. The van der Waals surface area contributed by atoms with Crippen LogP contribution < -0.4 is 10.6 Å². The molecule has 5 heteroatoms. The third-order valence-corrected chi connectivity index (χ3v) is 2.11. The minimum Gasteiger partial charge on any atom is -0.382 e. The van der Waals surface area contributed by atoms with Crippen molar-refractivity contribution in [2.45, 2.75) is 19.8 Å². The second kappa shape index (κ2) is 5.29. The second-order valence-corrected chi connectivity index (χ2v) is 3.43. The fourth-order valence-electron chi connectivity index (χ4n) is 1.18. The summed E-state index contributed by atoms with van der Waals surface area (Å²) in [5, 5.41) is 7.28. The molecule has 0 aliphatic carbocycles. The number of anilines is 1. The van der Waals surface area contributed by atoms with Crippen LogP contribution >= 0.6 is 0 Å². The summed E-state index contributed by atoms with van der Waals surface area (Å²) in [6.07, 6.45) is 3.86. The first-order valence-corrected chi connectivity index (χ1v) is 5.03. The molecule has 0 saturated heterocycles. The van der Waals surface area contributed by atoms with Crippen LogP contribution in [0.3, 0.4) is 0 Å². The van der Waals surface area contributed by atoms with E-state index in [0.717, 1.165) is 19.4 Å². The number of rotatable bonds is 5. The molecular weight excluding hydrogens is 190 g/mol. The number of aromatic nitrogens is 2. The minimum absolute atomic E-state index is 0.0254. The topological polar surface area (TPSA) is 78.9 Å². The van der Waals surface area contributed by atoms with E-state index in [-0.39, 0.29) is 5.84 Å². The highest BCUT2D eigenvalue weighted by Gasteiger charge is 2.05. The van der Waals surface area contributed by atoms with Crippen LogP contribution in [0.1, 0.15) is 25.5 Å². The van der Waals surface area contributed by atoms with Gasteiger partial charge in [0.05, 0.1) is 0 Å². The fourth-order valence-corrected chi connectivity index (χ4v) is 1.18. The van der Waals surface area contributed by atoms with E-state index in [0.29, 0.717) is 11.6 Å². The lowest BCUT2D eigenvalue weighted by molar-refractivity contribution is 0.749. The maximum atomic E-state index is 7.28. The normalized spacial score (nSPS) is 10.0. The molecule has 3 N–H and O–H groups in total. The predicted molar refractivity (Wildman–Crippen MR) is 61.2 cm³/mol. The first kappa shape index (κ1) is 11.4. The highest BCUT2D eigenvalue weighted by Crippen LogP contribution is 2.06. The highest BCUT2D eigenvalue weighted by molar-refractivity contribution is 5.93. The Labute approximate surface area is 89.8 Å². The van der Waals surface area contributed by atoms with E-state index in [4.69, 9.17) is 11.1 Å². The zero-order chi connectivity index (χ0) is 11.3. The van der Waals surface area contributed by atoms with Gasteiger partial charge in [-0.25, -0.2) is 9.97 Å². The molecule has 5 nitrogen and oxygen atoms in total. The highest BCUT2D eigenvalue weighted by atomic mass is 15.2. The Balaban J connectivity index is 2.76. The van der Waals surface area contributed by atoms with Crippen molar-refractivity contribution in [2.24, 2.45) is 5.73 Å². The second-order valence-electron chi connectivity index (χ2n) is 3.43. The van der Waals surface area contributed by atoms with E-state index in [2.05, 4.69) is 16.9 Å². The minimum atomic E-state index is -0.0254. The molecule has 1 aromatic heterocycles. The number of nitrogen functional groups attached to an aromatic ring is 1. The third-order valence-electron chi connectivity index (χ3n) is 2.11. The van der Waals surface area contributed by atoms with Crippen molar-refractivity contribution < 1.29 is 0 Å². The van der Waals surface area contributed by atoms with Crippen LogP contribution in [0.25, 0.3) is 0 Å². The van der Waals surface area contributed by atoms with Gasteiger partial charge in [-0.1, -0.05) is 13.3 Å². The molecule has 0 aliphatic rings. The summed E-state index contributed by atoms with van der Waals surface area (Å²) in [5.41, 5.74) is 5.83. The Morgan fingerprint density at radius 3 is 2.93 bits per heavy atom. The molecule has 0 aliphatic heterocycles. The lowest BCUT2D eigenvalue weighted by Gasteiger charge is -2.16. The zero-order valence-corrected chi connectivity index (χ0v) is 9.20. The van der Waals surface area contributed by atoms with E-state index >= 15 is 0 Å². The number of unbranched alkanes of at least 4 members (excludes halogenated alkanes) is 1. The lowest BCUT2D eigenvalue weighted by Crippen LogP contribution is -2.23. The molecule has 0 unspecified atom stereocenters. The van der Waals surface area contributed by atoms with Crippen molar-refractivity contribution in [3.8, 4) is 0 Å². The predicted octanol–water partition coefficient (Wildman–Crippen LogP) is 0.997. The summed E-state index contributed by atoms with van der Waals surface area (Å²) in [4.78, 5) is 10.3. The van der Waals surface area contributed by atoms with E-state index in [1.54, 1.807) is 12.3 Å². The van der Waals surface area contributed by atoms with Gasteiger partial charge in [-0.3, -0.25) is 5.41 Å². The van der Waals surface area contributed by atoms with Crippen LogP contribution in [0.15, 0.2) is 12.3 Å². The van der Waals surface area contributed by atoms with Crippen LogP contribution in [-0.2, 0) is 0 Å². The number of amidine groups is 1. The molecule has 0 fully saturated rings. The molecule has 1 aromatic rings. The van der Waals surface area contributed by atoms with Crippen molar-refractivity contribution in [3.63, 3.8) is 0 Å². The fraction of sp³-hybridized carbons (Fsp3) is 0.500. The van der Waals surface area contributed by atoms with Crippen molar-refractivity contribution in [3.05, 3.63) is 18.0 Å². The summed E-state index contributed by atoms with van der Waals surface area (Å²) in [5.74, 6) is 0.596. The van der Waals surface area contributed by atoms with Gasteiger partial charge in [-0.05, 0) is 12.5 Å². The van der Waals surface area contributed by atoms with Crippen LogP contribution in [0.5, 0.6) is 0 Å². The molecule has 1 heterocycles. The summed E-state index contributed by atoms with van der Waals surface area (Å²) in [6, 6.07) is 1.64. The lowest BCUT2D eigenvalue weighted by atomic mass is 10.3. The Hall–Kier alpha value is -1.65. The van der Waals surface area contributed by atoms with Gasteiger partial charge in [-0.15, -0.1) is 0 Å². The van der Waals surface area contributed by atoms with Crippen molar-refractivity contribution in [1.29, 1.82) is 5.41 Å². The molecule has 1 rings (SSSR count). The molecule has 0 amide bonds. The summed E-state index contributed by atoms with van der Waals surface area (Å²) in [6.45, 7) is 3.05. The van der Waals surface area contributed by atoms with E-state index in [9.17, 15) is 0 Å². The van der Waals surface area contributed by atoms with Crippen molar-refractivity contribution in [1.82, 2.24) is 9.97 Å². The molecule has 0 bridgehead atoms.